The van der Waals surface area contributed by atoms with Crippen molar-refractivity contribution in [2.45, 2.75) is 6.92 Å². The van der Waals surface area contributed by atoms with Gasteiger partial charge in [0.1, 0.15) is 0 Å². The lowest BCUT2D eigenvalue weighted by atomic mass is 10.2. The van der Waals surface area contributed by atoms with Crippen molar-refractivity contribution in [3.63, 3.8) is 0 Å². The second-order valence-electron chi connectivity index (χ2n) is 3.57. The summed E-state index contributed by atoms with van der Waals surface area (Å²) >= 11 is 0. The maximum absolute atomic E-state index is 4.04. The molecule has 16 heavy (non-hydrogen) atoms. The van der Waals surface area contributed by atoms with Crippen LogP contribution in [0.5, 0.6) is 0 Å². The van der Waals surface area contributed by atoms with Gasteiger partial charge in [0.25, 0.3) is 0 Å². The summed E-state index contributed by atoms with van der Waals surface area (Å²) in [5.74, 6) is 0. The largest absolute Gasteiger partial charge is 0.257 e. The third-order valence-corrected chi connectivity index (χ3v) is 2.20. The molecular weight excluding hydrogens is 196 g/mol. The second-order valence-corrected chi connectivity index (χ2v) is 3.57. The van der Waals surface area contributed by atoms with Crippen LogP contribution in [0.3, 0.4) is 0 Å². The summed E-state index contributed by atoms with van der Waals surface area (Å²) in [5, 5.41) is 4.04. The Labute approximate surface area is 95.6 Å². The molecule has 1 N–H and O–H groups in total. The van der Waals surface area contributed by atoms with Crippen molar-refractivity contribution in [2.75, 3.05) is 5.43 Å². The summed E-state index contributed by atoms with van der Waals surface area (Å²) in [5.41, 5.74) is 6.09. The fourth-order valence-electron chi connectivity index (χ4n) is 1.30. The smallest absolute Gasteiger partial charge is 0.211 e. The summed E-state index contributed by atoms with van der Waals surface area (Å²) in [4.78, 5) is 0. The van der Waals surface area contributed by atoms with E-state index in [0.29, 0.717) is 0 Å². The SMILES string of the molecule is Cc1ccc([C+]=NNc2ccccc2)cc1. The number of para-hydroxylation sites is 1. The molecule has 2 aromatic rings. The summed E-state index contributed by atoms with van der Waals surface area (Å²) in [7, 11) is 0. The Balaban J connectivity index is 1.98. The van der Waals surface area contributed by atoms with Crippen LogP contribution in [0, 0.1) is 6.92 Å². The Morgan fingerprint density at radius 2 is 1.62 bits per heavy atom. The minimum absolute atomic E-state index is 0.960. The third-order valence-electron chi connectivity index (χ3n) is 2.20. The van der Waals surface area contributed by atoms with Gasteiger partial charge in [0, 0.05) is 0 Å². The molecule has 0 amide bonds. The van der Waals surface area contributed by atoms with Crippen molar-refractivity contribution in [1.29, 1.82) is 0 Å². The predicted molar refractivity (Wildman–Crippen MR) is 67.8 cm³/mol. The van der Waals surface area contributed by atoms with E-state index in [1.54, 1.807) is 0 Å². The van der Waals surface area contributed by atoms with Crippen LogP contribution in [-0.2, 0) is 0 Å². The molecule has 0 aromatic heterocycles. The molecule has 0 aliphatic heterocycles. The molecule has 0 heterocycles. The van der Waals surface area contributed by atoms with Gasteiger partial charge in [0.2, 0.25) is 5.56 Å². The molecule has 2 nitrogen and oxygen atoms in total. The molecule has 0 saturated carbocycles. The van der Waals surface area contributed by atoms with Crippen LogP contribution < -0.4 is 5.43 Å². The third kappa shape index (κ3) is 2.91. The summed E-state index contributed by atoms with van der Waals surface area (Å²) < 4.78 is 0. The quantitative estimate of drug-likeness (QED) is 0.468. The molecule has 0 unspecified atom stereocenters. The second kappa shape index (κ2) is 5.06. The molecule has 0 fully saturated rings. The molecule has 78 valence electrons. The van der Waals surface area contributed by atoms with E-state index in [-0.39, 0.29) is 0 Å². The van der Waals surface area contributed by atoms with E-state index >= 15 is 0 Å². The molecule has 2 rings (SSSR count). The van der Waals surface area contributed by atoms with Crippen LogP contribution in [0.1, 0.15) is 11.1 Å². The Kier molecular flexibility index (Phi) is 3.27. The first-order chi connectivity index (χ1) is 7.84. The van der Waals surface area contributed by atoms with Crippen molar-refractivity contribution >= 4 is 11.9 Å². The first-order valence-electron chi connectivity index (χ1n) is 5.18. The lowest BCUT2D eigenvalue weighted by Crippen LogP contribution is -1.89. The number of nitrogens with zero attached hydrogens (tertiary/aromatic N) is 1. The summed E-state index contributed by atoms with van der Waals surface area (Å²) in [6.07, 6.45) is 2.93. The molecule has 2 heteroatoms. The molecule has 0 bridgehead atoms. The average Bonchev–Trinajstić information content (AvgIpc) is 2.33. The topological polar surface area (TPSA) is 24.4 Å². The number of hydrogen-bond donors (Lipinski definition) is 1. The van der Waals surface area contributed by atoms with E-state index in [0.717, 1.165) is 11.3 Å². The van der Waals surface area contributed by atoms with Crippen molar-refractivity contribution in [2.24, 2.45) is 5.10 Å². The fraction of sp³-hybridized carbons (Fsp3) is 0.0714. The van der Waals surface area contributed by atoms with E-state index in [2.05, 4.69) is 23.7 Å². The van der Waals surface area contributed by atoms with E-state index in [4.69, 9.17) is 0 Å². The van der Waals surface area contributed by atoms with E-state index in [1.165, 1.54) is 5.56 Å². The molecule has 2 aromatic carbocycles. The van der Waals surface area contributed by atoms with Gasteiger partial charge < -0.3 is 0 Å². The van der Waals surface area contributed by atoms with Crippen LogP contribution in [0.25, 0.3) is 0 Å². The number of benzene rings is 2. The predicted octanol–water partition coefficient (Wildman–Crippen LogP) is 3.32. The molecular formula is C14H13N2+. The molecule has 0 aliphatic rings. The maximum Gasteiger partial charge on any atom is 0.211 e. The van der Waals surface area contributed by atoms with Gasteiger partial charge in [-0.2, -0.15) is 0 Å². The first-order valence-corrected chi connectivity index (χ1v) is 5.18. The number of nitrogens with one attached hydrogen (secondary N) is 1. The fourth-order valence-corrected chi connectivity index (χ4v) is 1.30. The molecule has 0 spiro atoms. The van der Waals surface area contributed by atoms with Gasteiger partial charge in [-0.15, -0.1) is 0 Å². The van der Waals surface area contributed by atoms with Crippen LogP contribution >= 0.6 is 0 Å². The highest BCUT2D eigenvalue weighted by Crippen LogP contribution is 2.05. The van der Waals surface area contributed by atoms with E-state index < -0.39 is 0 Å². The molecule has 0 aliphatic carbocycles. The summed E-state index contributed by atoms with van der Waals surface area (Å²) in [6.45, 7) is 2.06. The van der Waals surface area contributed by atoms with Crippen molar-refractivity contribution in [3.05, 3.63) is 65.7 Å². The van der Waals surface area contributed by atoms with Gasteiger partial charge in [-0.05, 0) is 36.8 Å². The van der Waals surface area contributed by atoms with Crippen LogP contribution in [0.4, 0.5) is 5.69 Å². The molecule has 0 radical (unpaired) electrons. The van der Waals surface area contributed by atoms with Gasteiger partial charge in [-0.3, -0.25) is 5.43 Å². The van der Waals surface area contributed by atoms with Crippen molar-refractivity contribution in [1.82, 2.24) is 0 Å². The monoisotopic (exact) mass is 209 g/mol. The highest BCUT2D eigenvalue weighted by molar-refractivity contribution is 5.80. The Morgan fingerprint density at radius 1 is 0.938 bits per heavy atom. The first kappa shape index (κ1) is 10.3. The Bertz CT molecular complexity index is 458. The van der Waals surface area contributed by atoms with Crippen molar-refractivity contribution < 1.29 is 0 Å². The maximum atomic E-state index is 4.04. The summed E-state index contributed by atoms with van der Waals surface area (Å²) in [6, 6.07) is 17.9. The van der Waals surface area contributed by atoms with Crippen LogP contribution in [0.15, 0.2) is 59.7 Å². The standard InChI is InChI=1S/C14H13N2/c1-12-7-9-13(10-8-12)11-15-16-14-5-3-2-4-6-14/h2-10,16H,1H3/q+1. The number of hydrogen-bond acceptors (Lipinski definition) is 2. The lowest BCUT2D eigenvalue weighted by molar-refractivity contribution is 1.35. The number of aryl methyl sites for hydroxylation is 1. The minimum atomic E-state index is 0.960. The van der Waals surface area contributed by atoms with E-state index in [1.807, 2.05) is 54.6 Å². The number of hydrazone groups is 1. The Morgan fingerprint density at radius 3 is 2.31 bits per heavy atom. The molecule has 0 atom stereocenters. The average molecular weight is 209 g/mol. The van der Waals surface area contributed by atoms with Crippen LogP contribution in [-0.4, -0.2) is 6.21 Å². The van der Waals surface area contributed by atoms with Gasteiger partial charge in [0.15, 0.2) is 6.21 Å². The van der Waals surface area contributed by atoms with Gasteiger partial charge in [-0.1, -0.05) is 23.3 Å². The van der Waals surface area contributed by atoms with Gasteiger partial charge >= 0.3 is 0 Å². The Hall–Kier alpha value is -2.18. The lowest BCUT2D eigenvalue weighted by Gasteiger charge is -1.94. The zero-order valence-electron chi connectivity index (χ0n) is 9.14. The number of rotatable bonds is 3. The number of anilines is 1. The normalized spacial score (nSPS) is 10.1. The minimum Gasteiger partial charge on any atom is -0.257 e. The van der Waals surface area contributed by atoms with Gasteiger partial charge in [0.05, 0.1) is 17.8 Å². The molecule has 0 saturated heterocycles. The highest BCUT2D eigenvalue weighted by Gasteiger charge is 1.98. The van der Waals surface area contributed by atoms with Crippen LogP contribution in [0.2, 0.25) is 0 Å². The highest BCUT2D eigenvalue weighted by atomic mass is 15.3. The van der Waals surface area contributed by atoms with E-state index in [9.17, 15) is 0 Å². The zero-order chi connectivity index (χ0) is 11.2. The van der Waals surface area contributed by atoms with Crippen molar-refractivity contribution in [3.8, 4) is 0 Å². The zero-order valence-corrected chi connectivity index (χ0v) is 9.14. The van der Waals surface area contributed by atoms with Gasteiger partial charge in [-0.25, -0.2) is 0 Å².